The van der Waals surface area contributed by atoms with Crippen LogP contribution < -0.4 is 10.6 Å². The minimum atomic E-state index is -1.04. The number of ether oxygens (including phenoxy) is 1. The molecule has 0 saturated heterocycles. The number of para-hydroxylation sites is 1. The molecular formula is C18H18Cl2N2O4. The van der Waals surface area contributed by atoms with Crippen LogP contribution in [0.1, 0.15) is 17.3 Å². The first kappa shape index (κ1) is 20.0. The van der Waals surface area contributed by atoms with E-state index in [4.69, 9.17) is 33.0 Å². The fourth-order valence-corrected chi connectivity index (χ4v) is 2.56. The lowest BCUT2D eigenvalue weighted by Gasteiger charge is -2.16. The van der Waals surface area contributed by atoms with Crippen molar-refractivity contribution < 1.29 is 19.4 Å². The molecule has 2 aromatic rings. The third-order valence-corrected chi connectivity index (χ3v) is 3.96. The Morgan fingerprint density at radius 1 is 1.15 bits per heavy atom. The molecule has 3 N–H and O–H groups in total. The van der Waals surface area contributed by atoms with Gasteiger partial charge >= 0.3 is 5.97 Å². The smallest absolute Gasteiger partial charge is 0.341 e. The second-order valence-electron chi connectivity index (χ2n) is 5.36. The third kappa shape index (κ3) is 5.36. The van der Waals surface area contributed by atoms with Crippen molar-refractivity contribution in [3.63, 3.8) is 0 Å². The summed E-state index contributed by atoms with van der Waals surface area (Å²) >= 11 is 11.8. The van der Waals surface area contributed by atoms with Gasteiger partial charge in [-0.15, -0.1) is 0 Å². The number of anilines is 2. The average molecular weight is 397 g/mol. The number of aliphatic hydroxyl groups is 1. The van der Waals surface area contributed by atoms with Gasteiger partial charge in [-0.05, 0) is 37.3 Å². The predicted molar refractivity (Wildman–Crippen MR) is 102 cm³/mol. The van der Waals surface area contributed by atoms with Crippen molar-refractivity contribution in [3.8, 4) is 0 Å². The maximum Gasteiger partial charge on any atom is 0.341 e. The minimum absolute atomic E-state index is 0.0793. The largest absolute Gasteiger partial charge is 0.449 e. The zero-order valence-corrected chi connectivity index (χ0v) is 15.5. The summed E-state index contributed by atoms with van der Waals surface area (Å²) in [4.78, 5) is 24.6. The van der Waals surface area contributed by atoms with Crippen LogP contribution in [0.2, 0.25) is 10.0 Å². The van der Waals surface area contributed by atoms with Crippen molar-refractivity contribution in [1.82, 2.24) is 0 Å². The van der Waals surface area contributed by atoms with E-state index >= 15 is 0 Å². The Balaban J connectivity index is 2.03. The molecule has 0 heterocycles. The van der Waals surface area contributed by atoms with Crippen molar-refractivity contribution in [1.29, 1.82) is 0 Å². The number of benzene rings is 2. The summed E-state index contributed by atoms with van der Waals surface area (Å²) in [6, 6.07) is 11.3. The van der Waals surface area contributed by atoms with Crippen molar-refractivity contribution >= 4 is 46.5 Å². The van der Waals surface area contributed by atoms with Gasteiger partial charge in [0.1, 0.15) is 0 Å². The summed E-state index contributed by atoms with van der Waals surface area (Å²) in [6.45, 7) is 1.67. The maximum absolute atomic E-state index is 12.4. The Morgan fingerprint density at radius 2 is 1.88 bits per heavy atom. The van der Waals surface area contributed by atoms with E-state index < -0.39 is 18.0 Å². The number of nitrogens with one attached hydrogen (secondary N) is 2. The molecule has 0 radical (unpaired) electrons. The fourth-order valence-electron chi connectivity index (χ4n) is 2.11. The van der Waals surface area contributed by atoms with E-state index in [0.29, 0.717) is 16.4 Å². The molecule has 138 valence electrons. The highest BCUT2D eigenvalue weighted by Crippen LogP contribution is 2.25. The molecule has 0 aromatic heterocycles. The second-order valence-corrected chi connectivity index (χ2v) is 6.20. The van der Waals surface area contributed by atoms with E-state index in [1.807, 2.05) is 0 Å². The van der Waals surface area contributed by atoms with E-state index in [2.05, 4.69) is 10.6 Å². The molecule has 0 spiro atoms. The molecule has 1 atom stereocenters. The molecule has 8 heteroatoms. The van der Waals surface area contributed by atoms with Gasteiger partial charge in [0.15, 0.2) is 6.10 Å². The zero-order chi connectivity index (χ0) is 19.1. The highest BCUT2D eigenvalue weighted by Gasteiger charge is 2.21. The normalized spacial score (nSPS) is 11.5. The van der Waals surface area contributed by atoms with Gasteiger partial charge in [-0.25, -0.2) is 4.79 Å². The molecule has 0 unspecified atom stereocenters. The lowest BCUT2D eigenvalue weighted by molar-refractivity contribution is -0.123. The lowest BCUT2D eigenvalue weighted by Crippen LogP contribution is -2.30. The number of hydrogen-bond donors (Lipinski definition) is 3. The van der Waals surface area contributed by atoms with Crippen molar-refractivity contribution in [2.24, 2.45) is 0 Å². The van der Waals surface area contributed by atoms with Crippen LogP contribution in [0.25, 0.3) is 0 Å². The summed E-state index contributed by atoms with van der Waals surface area (Å²) in [7, 11) is 0. The van der Waals surface area contributed by atoms with Crippen LogP contribution in [0, 0.1) is 0 Å². The van der Waals surface area contributed by atoms with Gasteiger partial charge < -0.3 is 20.5 Å². The first-order valence-corrected chi connectivity index (χ1v) is 8.58. The second kappa shape index (κ2) is 9.43. The molecule has 0 fully saturated rings. The van der Waals surface area contributed by atoms with E-state index in [-0.39, 0.29) is 23.7 Å². The van der Waals surface area contributed by atoms with E-state index in [9.17, 15) is 9.59 Å². The first-order chi connectivity index (χ1) is 12.4. The van der Waals surface area contributed by atoms with Crippen LogP contribution >= 0.6 is 23.2 Å². The van der Waals surface area contributed by atoms with E-state index in [0.717, 1.165) is 0 Å². The van der Waals surface area contributed by atoms with Gasteiger partial charge in [-0.3, -0.25) is 4.79 Å². The molecule has 0 aliphatic heterocycles. The lowest BCUT2D eigenvalue weighted by atomic mass is 10.1. The van der Waals surface area contributed by atoms with Crippen LogP contribution in [-0.2, 0) is 9.53 Å². The number of amides is 1. The van der Waals surface area contributed by atoms with Crippen LogP contribution in [0.15, 0.2) is 42.5 Å². The topological polar surface area (TPSA) is 87.7 Å². The van der Waals surface area contributed by atoms with Gasteiger partial charge in [-0.1, -0.05) is 35.3 Å². The monoisotopic (exact) mass is 396 g/mol. The molecule has 2 rings (SSSR count). The molecule has 6 nitrogen and oxygen atoms in total. The number of aliphatic hydroxyl groups excluding tert-OH is 1. The Morgan fingerprint density at radius 3 is 2.58 bits per heavy atom. The summed E-state index contributed by atoms with van der Waals surface area (Å²) in [5, 5.41) is 15.1. The highest BCUT2D eigenvalue weighted by atomic mass is 35.5. The van der Waals surface area contributed by atoms with Crippen LogP contribution in [0.4, 0.5) is 11.4 Å². The Labute approximate surface area is 161 Å². The van der Waals surface area contributed by atoms with Gasteiger partial charge in [-0.2, -0.15) is 0 Å². The first-order valence-electron chi connectivity index (χ1n) is 7.83. The van der Waals surface area contributed by atoms with E-state index in [1.165, 1.54) is 13.0 Å². The van der Waals surface area contributed by atoms with Crippen molar-refractivity contribution in [2.75, 3.05) is 23.8 Å². The molecule has 2 aromatic carbocycles. The predicted octanol–water partition coefficient (Wildman–Crippen LogP) is 3.58. The molecule has 1 amide bonds. The van der Waals surface area contributed by atoms with Crippen molar-refractivity contribution in [2.45, 2.75) is 13.0 Å². The fraction of sp³-hybridized carbons (Fsp3) is 0.222. The Bertz CT molecular complexity index is 799. The van der Waals surface area contributed by atoms with Gasteiger partial charge in [0.05, 0.1) is 22.9 Å². The van der Waals surface area contributed by atoms with Gasteiger partial charge in [0.25, 0.3) is 5.91 Å². The molecular weight excluding hydrogens is 379 g/mol. The number of esters is 1. The summed E-state index contributed by atoms with van der Waals surface area (Å²) in [5.74, 6) is -1.18. The standard InChI is InChI=1S/C18H18Cl2N2O4/c1-11(17(24)22-16-7-6-12(19)10-14(16)20)26-18(25)13-4-2-3-5-15(13)21-8-9-23/h2-7,10-11,21,23H,8-9H2,1H3,(H,22,24)/t11-/m0/s1. The minimum Gasteiger partial charge on any atom is -0.449 e. The SMILES string of the molecule is C[C@H](OC(=O)c1ccccc1NCCO)C(=O)Nc1ccc(Cl)cc1Cl. The number of carbonyl (C=O) groups is 2. The van der Waals surface area contributed by atoms with Crippen LogP contribution in [0.3, 0.4) is 0 Å². The Kier molecular flexibility index (Phi) is 7.26. The summed E-state index contributed by atoms with van der Waals surface area (Å²) < 4.78 is 5.23. The van der Waals surface area contributed by atoms with Crippen LogP contribution in [0.5, 0.6) is 0 Å². The summed E-state index contributed by atoms with van der Waals surface area (Å²) in [6.07, 6.45) is -1.04. The van der Waals surface area contributed by atoms with Gasteiger partial charge in [0.2, 0.25) is 0 Å². The number of rotatable bonds is 7. The van der Waals surface area contributed by atoms with Crippen LogP contribution in [-0.4, -0.2) is 36.2 Å². The molecule has 0 bridgehead atoms. The third-order valence-electron chi connectivity index (χ3n) is 3.42. The molecule has 0 aliphatic carbocycles. The van der Waals surface area contributed by atoms with Crippen molar-refractivity contribution in [3.05, 3.63) is 58.1 Å². The maximum atomic E-state index is 12.4. The number of hydrogen-bond acceptors (Lipinski definition) is 5. The molecule has 0 saturated carbocycles. The van der Waals surface area contributed by atoms with Gasteiger partial charge in [0, 0.05) is 17.3 Å². The molecule has 0 aliphatic rings. The highest BCUT2D eigenvalue weighted by molar-refractivity contribution is 6.36. The number of halogens is 2. The van der Waals surface area contributed by atoms with E-state index in [1.54, 1.807) is 36.4 Å². The average Bonchev–Trinajstić information content (AvgIpc) is 2.62. The summed E-state index contributed by atoms with van der Waals surface area (Å²) in [5.41, 5.74) is 1.15. The zero-order valence-electron chi connectivity index (χ0n) is 14.0. The molecule has 26 heavy (non-hydrogen) atoms. The quantitative estimate of drug-likeness (QED) is 0.622. The number of carbonyl (C=O) groups excluding carboxylic acids is 2. The Hall–Kier alpha value is -2.28.